The van der Waals surface area contributed by atoms with Gasteiger partial charge in [0.15, 0.2) is 0 Å². The zero-order valence-corrected chi connectivity index (χ0v) is 13.0. The Balaban J connectivity index is 2.17. The van der Waals surface area contributed by atoms with Gasteiger partial charge in [0.25, 0.3) is 0 Å². The quantitative estimate of drug-likeness (QED) is 0.740. The van der Waals surface area contributed by atoms with Gasteiger partial charge in [-0.3, -0.25) is 0 Å². The number of benzene rings is 2. The van der Waals surface area contributed by atoms with Crippen LogP contribution in [-0.4, -0.2) is 6.61 Å². The summed E-state index contributed by atoms with van der Waals surface area (Å²) in [7, 11) is 0. The van der Waals surface area contributed by atoms with Gasteiger partial charge in [-0.1, -0.05) is 32.9 Å². The SMILES string of the molecule is CCCOc1cc(Nc2cccc(C(C)C)c2)ccc1N. The highest BCUT2D eigenvalue weighted by molar-refractivity contribution is 5.67. The standard InChI is InChI=1S/C18H24N2O/c1-4-10-21-18-12-16(8-9-17(18)19)20-15-7-5-6-14(11-15)13(2)3/h5-9,11-13,20H,4,10,19H2,1-3H3. The minimum atomic E-state index is 0.515. The lowest BCUT2D eigenvalue weighted by Crippen LogP contribution is -2.00. The highest BCUT2D eigenvalue weighted by atomic mass is 16.5. The van der Waals surface area contributed by atoms with Gasteiger partial charge in [0.2, 0.25) is 0 Å². The van der Waals surface area contributed by atoms with Crippen LogP contribution in [-0.2, 0) is 0 Å². The molecule has 0 spiro atoms. The van der Waals surface area contributed by atoms with Crippen LogP contribution in [0.3, 0.4) is 0 Å². The zero-order valence-electron chi connectivity index (χ0n) is 13.0. The van der Waals surface area contributed by atoms with Crippen LogP contribution in [0.4, 0.5) is 17.1 Å². The second-order valence-electron chi connectivity index (χ2n) is 5.51. The zero-order chi connectivity index (χ0) is 15.2. The molecule has 0 atom stereocenters. The summed E-state index contributed by atoms with van der Waals surface area (Å²) in [6.07, 6.45) is 0.966. The minimum absolute atomic E-state index is 0.515. The number of ether oxygens (including phenoxy) is 1. The van der Waals surface area contributed by atoms with Gasteiger partial charge < -0.3 is 15.8 Å². The molecule has 2 aromatic rings. The third kappa shape index (κ3) is 4.15. The molecular formula is C18H24N2O. The first kappa shape index (κ1) is 15.2. The van der Waals surface area contributed by atoms with E-state index in [2.05, 4.69) is 50.4 Å². The molecular weight excluding hydrogens is 260 g/mol. The van der Waals surface area contributed by atoms with Crippen LogP contribution < -0.4 is 15.8 Å². The first-order chi connectivity index (χ1) is 10.1. The molecule has 112 valence electrons. The fourth-order valence-corrected chi connectivity index (χ4v) is 2.09. The third-order valence-corrected chi connectivity index (χ3v) is 3.32. The second kappa shape index (κ2) is 7.02. The molecule has 0 heterocycles. The molecule has 0 radical (unpaired) electrons. The van der Waals surface area contributed by atoms with Crippen LogP contribution in [0.25, 0.3) is 0 Å². The molecule has 0 aromatic heterocycles. The first-order valence-corrected chi connectivity index (χ1v) is 7.49. The maximum atomic E-state index is 5.93. The van der Waals surface area contributed by atoms with Crippen LogP contribution in [0.1, 0.15) is 38.7 Å². The van der Waals surface area contributed by atoms with Crippen LogP contribution >= 0.6 is 0 Å². The predicted molar refractivity (Wildman–Crippen MR) is 90.5 cm³/mol. The summed E-state index contributed by atoms with van der Waals surface area (Å²) in [6.45, 7) is 7.14. The molecule has 0 unspecified atom stereocenters. The number of hydrogen-bond acceptors (Lipinski definition) is 3. The van der Waals surface area contributed by atoms with E-state index in [1.54, 1.807) is 0 Å². The Kier molecular flexibility index (Phi) is 5.09. The fraction of sp³-hybridized carbons (Fsp3) is 0.333. The molecule has 0 saturated heterocycles. The van der Waals surface area contributed by atoms with E-state index >= 15 is 0 Å². The number of nitrogen functional groups attached to an aromatic ring is 1. The van der Waals surface area contributed by atoms with Gasteiger partial charge in [0, 0.05) is 17.4 Å². The predicted octanol–water partition coefficient (Wildman–Crippen LogP) is 4.92. The number of hydrogen-bond donors (Lipinski definition) is 2. The molecule has 0 saturated carbocycles. The van der Waals surface area contributed by atoms with Gasteiger partial charge >= 0.3 is 0 Å². The average molecular weight is 284 g/mol. The molecule has 0 aliphatic carbocycles. The van der Waals surface area contributed by atoms with Gasteiger partial charge in [-0.25, -0.2) is 0 Å². The number of rotatable bonds is 6. The van der Waals surface area contributed by atoms with E-state index in [0.717, 1.165) is 23.5 Å². The molecule has 2 aromatic carbocycles. The normalized spacial score (nSPS) is 10.7. The van der Waals surface area contributed by atoms with E-state index in [1.165, 1.54) is 5.56 Å². The maximum absolute atomic E-state index is 5.93. The molecule has 0 amide bonds. The lowest BCUT2D eigenvalue weighted by Gasteiger charge is -2.13. The Labute approximate surface area is 127 Å². The summed E-state index contributed by atoms with van der Waals surface area (Å²) < 4.78 is 5.66. The van der Waals surface area contributed by atoms with Gasteiger partial charge in [-0.15, -0.1) is 0 Å². The Morgan fingerprint density at radius 3 is 2.57 bits per heavy atom. The average Bonchev–Trinajstić information content (AvgIpc) is 2.48. The Hall–Kier alpha value is -2.16. The van der Waals surface area contributed by atoms with Gasteiger partial charge in [-0.05, 0) is 42.2 Å². The van der Waals surface area contributed by atoms with Crippen molar-refractivity contribution in [2.75, 3.05) is 17.7 Å². The molecule has 0 bridgehead atoms. The highest BCUT2D eigenvalue weighted by Crippen LogP contribution is 2.28. The maximum Gasteiger partial charge on any atom is 0.144 e. The van der Waals surface area contributed by atoms with Crippen LogP contribution in [0.5, 0.6) is 5.75 Å². The lowest BCUT2D eigenvalue weighted by molar-refractivity contribution is 0.319. The highest BCUT2D eigenvalue weighted by Gasteiger charge is 2.04. The van der Waals surface area contributed by atoms with Crippen LogP contribution in [0.2, 0.25) is 0 Å². The van der Waals surface area contributed by atoms with Crippen molar-refractivity contribution in [1.82, 2.24) is 0 Å². The van der Waals surface area contributed by atoms with Gasteiger partial charge in [-0.2, -0.15) is 0 Å². The summed E-state index contributed by atoms with van der Waals surface area (Å²) in [5.41, 5.74) is 9.98. The van der Waals surface area contributed by atoms with E-state index in [-0.39, 0.29) is 0 Å². The van der Waals surface area contributed by atoms with Crippen molar-refractivity contribution in [3.63, 3.8) is 0 Å². The van der Waals surface area contributed by atoms with E-state index < -0.39 is 0 Å². The summed E-state index contributed by atoms with van der Waals surface area (Å²) in [4.78, 5) is 0. The van der Waals surface area contributed by atoms with Crippen molar-refractivity contribution in [1.29, 1.82) is 0 Å². The summed E-state index contributed by atoms with van der Waals surface area (Å²) in [5, 5.41) is 3.41. The molecule has 3 nitrogen and oxygen atoms in total. The van der Waals surface area contributed by atoms with E-state index in [0.29, 0.717) is 18.2 Å². The van der Waals surface area contributed by atoms with Crippen molar-refractivity contribution in [3.8, 4) is 5.75 Å². The van der Waals surface area contributed by atoms with Gasteiger partial charge in [0.05, 0.1) is 12.3 Å². The molecule has 3 heteroatoms. The monoisotopic (exact) mass is 284 g/mol. The van der Waals surface area contributed by atoms with E-state index in [1.807, 2.05) is 18.2 Å². The Morgan fingerprint density at radius 2 is 1.86 bits per heavy atom. The largest absolute Gasteiger partial charge is 0.491 e. The number of anilines is 3. The van der Waals surface area contributed by atoms with Gasteiger partial charge in [0.1, 0.15) is 5.75 Å². The van der Waals surface area contributed by atoms with E-state index in [9.17, 15) is 0 Å². The fourth-order valence-electron chi connectivity index (χ4n) is 2.09. The lowest BCUT2D eigenvalue weighted by atomic mass is 10.0. The third-order valence-electron chi connectivity index (χ3n) is 3.32. The number of nitrogens with two attached hydrogens (primary N) is 1. The van der Waals surface area contributed by atoms with E-state index in [4.69, 9.17) is 10.5 Å². The Bertz CT molecular complexity index is 594. The molecule has 0 aliphatic heterocycles. The molecule has 21 heavy (non-hydrogen) atoms. The summed E-state index contributed by atoms with van der Waals surface area (Å²) in [6, 6.07) is 14.3. The number of nitrogens with one attached hydrogen (secondary N) is 1. The van der Waals surface area contributed by atoms with Crippen molar-refractivity contribution < 1.29 is 4.74 Å². The van der Waals surface area contributed by atoms with Crippen molar-refractivity contribution >= 4 is 17.1 Å². The first-order valence-electron chi connectivity index (χ1n) is 7.49. The molecule has 3 N–H and O–H groups in total. The smallest absolute Gasteiger partial charge is 0.144 e. The summed E-state index contributed by atoms with van der Waals surface area (Å²) >= 11 is 0. The second-order valence-corrected chi connectivity index (χ2v) is 5.51. The molecule has 2 rings (SSSR count). The topological polar surface area (TPSA) is 47.3 Å². The minimum Gasteiger partial charge on any atom is -0.491 e. The summed E-state index contributed by atoms with van der Waals surface area (Å²) in [5.74, 6) is 1.25. The van der Waals surface area contributed by atoms with Crippen LogP contribution in [0.15, 0.2) is 42.5 Å². The van der Waals surface area contributed by atoms with Crippen molar-refractivity contribution in [3.05, 3.63) is 48.0 Å². The van der Waals surface area contributed by atoms with Crippen LogP contribution in [0, 0.1) is 0 Å². The van der Waals surface area contributed by atoms with Crippen molar-refractivity contribution in [2.24, 2.45) is 0 Å². The van der Waals surface area contributed by atoms with Crippen molar-refractivity contribution in [2.45, 2.75) is 33.1 Å². The molecule has 0 aliphatic rings. The molecule has 0 fully saturated rings. The Morgan fingerprint density at radius 1 is 1.10 bits per heavy atom.